The molecule has 1 aliphatic heterocycles. The molecule has 0 aliphatic carbocycles. The van der Waals surface area contributed by atoms with Crippen LogP contribution in [-0.2, 0) is 0 Å². The minimum Gasteiger partial charge on any atom is -0.463 e. The van der Waals surface area contributed by atoms with Crippen molar-refractivity contribution in [2.24, 2.45) is 0 Å². The Morgan fingerprint density at radius 2 is 1.83 bits per heavy atom. The first-order valence-electron chi connectivity index (χ1n) is 7.12. The Morgan fingerprint density at radius 1 is 1.00 bits per heavy atom. The summed E-state index contributed by atoms with van der Waals surface area (Å²) < 4.78 is 8.35. The molecule has 0 amide bonds. The number of hydrogen-bond acceptors (Lipinski definition) is 3. The lowest BCUT2D eigenvalue weighted by Crippen LogP contribution is -1.91. The van der Waals surface area contributed by atoms with Gasteiger partial charge in [-0.1, -0.05) is 46.3 Å². The summed E-state index contributed by atoms with van der Waals surface area (Å²) in [4.78, 5) is 4.61. The van der Waals surface area contributed by atoms with Crippen LogP contribution >= 0.6 is 15.9 Å². The predicted octanol–water partition coefficient (Wildman–Crippen LogP) is 4.70. The molecule has 2 heterocycles. The second kappa shape index (κ2) is 5.85. The molecular weight excluding hydrogens is 354 g/mol. The molecule has 0 saturated carbocycles. The van der Waals surface area contributed by atoms with E-state index in [2.05, 4.69) is 26.0 Å². The first-order chi connectivity index (χ1) is 11.3. The van der Waals surface area contributed by atoms with Crippen LogP contribution in [0.15, 0.2) is 59.3 Å². The van der Waals surface area contributed by atoms with E-state index in [9.17, 15) is 0 Å². The second-order valence-electron chi connectivity index (χ2n) is 5.02. The van der Waals surface area contributed by atoms with E-state index in [1.165, 1.54) is 0 Å². The fraction of sp³-hybridized carbons (Fsp3) is 0. The van der Waals surface area contributed by atoms with Gasteiger partial charge in [0.1, 0.15) is 12.0 Å². The molecule has 0 bridgehead atoms. The van der Waals surface area contributed by atoms with E-state index in [1.807, 2.05) is 60.7 Å². The number of aromatic nitrogens is 3. The number of halogens is 1. The maximum Gasteiger partial charge on any atom is 0.175 e. The topological polar surface area (TPSA) is 39.9 Å². The number of ether oxygens (including phenoxy) is 1. The maximum atomic E-state index is 5.57. The van der Waals surface area contributed by atoms with E-state index in [1.54, 1.807) is 17.1 Å². The largest absolute Gasteiger partial charge is 0.463 e. The molecular formula is C18H12BrN3O. The molecule has 0 fully saturated rings. The fourth-order valence-corrected chi connectivity index (χ4v) is 2.62. The zero-order valence-corrected chi connectivity index (χ0v) is 13.6. The number of nitrogens with zero attached hydrogens (tertiary/aromatic N) is 3. The van der Waals surface area contributed by atoms with Crippen LogP contribution in [0, 0.1) is 0 Å². The van der Waals surface area contributed by atoms with Crippen molar-refractivity contribution in [3.63, 3.8) is 0 Å². The lowest BCUT2D eigenvalue weighted by Gasteiger charge is -2.02. The van der Waals surface area contributed by atoms with Crippen LogP contribution in [-0.4, -0.2) is 14.8 Å². The minimum atomic E-state index is 0.657. The average molecular weight is 366 g/mol. The molecule has 0 radical (unpaired) electrons. The highest BCUT2D eigenvalue weighted by Gasteiger charge is 2.15. The van der Waals surface area contributed by atoms with Gasteiger partial charge in [0.05, 0.1) is 11.8 Å². The summed E-state index contributed by atoms with van der Waals surface area (Å²) in [6, 6.07) is 15.9. The molecule has 0 spiro atoms. The normalized spacial score (nSPS) is 12.6. The van der Waals surface area contributed by atoms with Gasteiger partial charge in [-0.3, -0.25) is 0 Å². The van der Waals surface area contributed by atoms with Gasteiger partial charge >= 0.3 is 0 Å². The highest BCUT2D eigenvalue weighted by Crippen LogP contribution is 2.31. The van der Waals surface area contributed by atoms with Gasteiger partial charge in [-0.15, -0.1) is 5.10 Å². The fourth-order valence-electron chi connectivity index (χ4n) is 2.36. The predicted molar refractivity (Wildman–Crippen MR) is 94.5 cm³/mol. The Kier molecular flexibility index (Phi) is 3.55. The van der Waals surface area contributed by atoms with Crippen molar-refractivity contribution in [1.82, 2.24) is 14.8 Å². The summed E-state index contributed by atoms with van der Waals surface area (Å²) in [5, 5.41) is 4.48. The lowest BCUT2D eigenvalue weighted by atomic mass is 10.2. The number of para-hydroxylation sites is 1. The summed E-state index contributed by atoms with van der Waals surface area (Å²) in [6.45, 7) is 0. The van der Waals surface area contributed by atoms with Crippen molar-refractivity contribution < 1.29 is 4.74 Å². The lowest BCUT2D eigenvalue weighted by molar-refractivity contribution is 0.487. The average Bonchev–Trinajstić information content (AvgIpc) is 2.90. The number of hydrogen-bond donors (Lipinski definition) is 0. The Balaban J connectivity index is 1.70. The van der Waals surface area contributed by atoms with E-state index < -0.39 is 0 Å². The molecule has 0 N–H and O–H groups in total. The zero-order valence-electron chi connectivity index (χ0n) is 12.1. The number of fused-ring (bicyclic) bond motifs is 3. The quantitative estimate of drug-likeness (QED) is 0.660. The van der Waals surface area contributed by atoms with Crippen molar-refractivity contribution in [2.75, 3.05) is 0 Å². The molecule has 0 atom stereocenters. The van der Waals surface area contributed by atoms with Gasteiger partial charge < -0.3 is 4.74 Å². The highest BCUT2D eigenvalue weighted by atomic mass is 79.9. The third-order valence-electron chi connectivity index (χ3n) is 3.47. The van der Waals surface area contributed by atoms with Gasteiger partial charge in [-0.05, 0) is 35.9 Å². The summed E-state index contributed by atoms with van der Waals surface area (Å²) in [6.07, 6.45) is 7.28. The molecule has 2 aromatic carbocycles. The van der Waals surface area contributed by atoms with Crippen LogP contribution in [0.2, 0.25) is 0 Å². The van der Waals surface area contributed by atoms with Crippen LogP contribution in [0.4, 0.5) is 0 Å². The van der Waals surface area contributed by atoms with Crippen LogP contribution in [0.5, 0.6) is 5.75 Å². The van der Waals surface area contributed by atoms with Crippen molar-refractivity contribution in [1.29, 1.82) is 0 Å². The molecule has 0 saturated heterocycles. The van der Waals surface area contributed by atoms with Crippen molar-refractivity contribution in [3.8, 4) is 17.1 Å². The minimum absolute atomic E-state index is 0.657. The van der Waals surface area contributed by atoms with Gasteiger partial charge in [-0.2, -0.15) is 0 Å². The highest BCUT2D eigenvalue weighted by molar-refractivity contribution is 9.10. The Hall–Kier alpha value is -2.66. The molecule has 4 nitrogen and oxygen atoms in total. The monoisotopic (exact) mass is 365 g/mol. The van der Waals surface area contributed by atoms with Crippen molar-refractivity contribution in [2.45, 2.75) is 0 Å². The number of rotatable bonds is 2. The molecule has 112 valence electrons. The SMILES string of the molecule is Brc1ccc(/C=C/c2nc3n(n2)C=COc2ccccc2-3)cc1. The van der Waals surface area contributed by atoms with E-state index in [0.717, 1.165) is 27.2 Å². The second-order valence-corrected chi connectivity index (χ2v) is 5.94. The van der Waals surface area contributed by atoms with Gasteiger partial charge in [0.25, 0.3) is 0 Å². The Bertz CT molecular complexity index is 910. The Labute approximate surface area is 141 Å². The number of benzene rings is 2. The van der Waals surface area contributed by atoms with E-state index >= 15 is 0 Å². The molecule has 0 unspecified atom stereocenters. The maximum absolute atomic E-state index is 5.57. The first-order valence-corrected chi connectivity index (χ1v) is 7.92. The van der Waals surface area contributed by atoms with E-state index in [-0.39, 0.29) is 0 Å². The molecule has 1 aliphatic rings. The molecule has 1 aromatic heterocycles. The Morgan fingerprint density at radius 3 is 2.70 bits per heavy atom. The van der Waals surface area contributed by atoms with Crippen LogP contribution in [0.1, 0.15) is 11.4 Å². The molecule has 5 heteroatoms. The third kappa shape index (κ3) is 2.83. The van der Waals surface area contributed by atoms with E-state index in [0.29, 0.717) is 5.82 Å². The van der Waals surface area contributed by atoms with Crippen molar-refractivity contribution in [3.05, 3.63) is 70.7 Å². The smallest absolute Gasteiger partial charge is 0.175 e. The molecule has 3 aromatic rings. The van der Waals surface area contributed by atoms with Gasteiger partial charge in [-0.25, -0.2) is 9.67 Å². The standard InChI is InChI=1S/C18H12BrN3O/c19-14-8-5-13(6-9-14)7-10-17-20-18-15-3-1-2-4-16(15)23-12-11-22(18)21-17/h1-12H/b10-7+. The van der Waals surface area contributed by atoms with Crippen LogP contribution in [0.3, 0.4) is 0 Å². The summed E-state index contributed by atoms with van der Waals surface area (Å²) in [5.41, 5.74) is 2.02. The van der Waals surface area contributed by atoms with Gasteiger partial charge in [0.2, 0.25) is 0 Å². The summed E-state index contributed by atoms with van der Waals surface area (Å²) >= 11 is 3.43. The zero-order chi connectivity index (χ0) is 15.6. The van der Waals surface area contributed by atoms with Gasteiger partial charge in [0, 0.05) is 4.47 Å². The first kappa shape index (κ1) is 14.0. The molecule has 4 rings (SSSR count). The van der Waals surface area contributed by atoms with Crippen LogP contribution < -0.4 is 4.74 Å². The summed E-state index contributed by atoms with van der Waals surface area (Å²) in [7, 11) is 0. The van der Waals surface area contributed by atoms with Gasteiger partial charge in [0.15, 0.2) is 11.6 Å². The van der Waals surface area contributed by atoms with E-state index in [4.69, 9.17) is 4.74 Å². The third-order valence-corrected chi connectivity index (χ3v) is 4.00. The molecule has 23 heavy (non-hydrogen) atoms. The van der Waals surface area contributed by atoms with Crippen molar-refractivity contribution >= 4 is 34.3 Å². The summed E-state index contributed by atoms with van der Waals surface area (Å²) in [5.74, 6) is 2.20. The van der Waals surface area contributed by atoms with Crippen LogP contribution in [0.25, 0.3) is 29.7 Å².